The number of halogens is 3. The lowest BCUT2D eigenvalue weighted by atomic mass is 9.79. The van der Waals surface area contributed by atoms with Crippen molar-refractivity contribution in [2.45, 2.75) is 38.9 Å². The molecule has 1 aliphatic rings. The average Bonchev–Trinajstić information content (AvgIpc) is 2.42. The second-order valence-corrected chi connectivity index (χ2v) is 5.61. The zero-order valence-corrected chi connectivity index (χ0v) is 11.3. The predicted octanol–water partition coefficient (Wildman–Crippen LogP) is 2.31. The van der Waals surface area contributed by atoms with E-state index < -0.39 is 30.2 Å². The van der Waals surface area contributed by atoms with Gasteiger partial charge in [0, 0.05) is 5.46 Å². The summed E-state index contributed by atoms with van der Waals surface area (Å²) in [6, 6.07) is 1.02. The van der Waals surface area contributed by atoms with E-state index in [9.17, 15) is 8.78 Å². The van der Waals surface area contributed by atoms with E-state index in [0.717, 1.165) is 6.07 Å². The molecule has 0 saturated carbocycles. The normalized spacial score (nSPS) is 21.4. The molecule has 1 aromatic rings. The maximum atomic E-state index is 13.3. The van der Waals surface area contributed by atoms with Crippen molar-refractivity contribution in [2.75, 3.05) is 0 Å². The van der Waals surface area contributed by atoms with Crippen molar-refractivity contribution >= 4 is 24.2 Å². The van der Waals surface area contributed by atoms with Crippen molar-refractivity contribution in [2.24, 2.45) is 0 Å². The molecule has 2 rings (SSSR count). The number of hydrogen-bond acceptors (Lipinski definition) is 3. The Hall–Kier alpha value is -0.715. The Labute approximate surface area is 110 Å². The van der Waals surface area contributed by atoms with Gasteiger partial charge in [-0.3, -0.25) is 0 Å². The van der Waals surface area contributed by atoms with Crippen LogP contribution in [0.15, 0.2) is 6.07 Å². The first-order valence-corrected chi connectivity index (χ1v) is 5.89. The summed E-state index contributed by atoms with van der Waals surface area (Å²) in [5.41, 5.74) is -1.09. The maximum absolute atomic E-state index is 13.3. The van der Waals surface area contributed by atoms with Gasteiger partial charge in [0.2, 0.25) is 11.9 Å². The number of pyridine rings is 1. The Balaban J connectivity index is 2.41. The summed E-state index contributed by atoms with van der Waals surface area (Å²) in [6.07, 6.45) is 0. The van der Waals surface area contributed by atoms with Crippen LogP contribution in [0.2, 0.25) is 5.02 Å². The first kappa shape index (κ1) is 13.7. The number of rotatable bonds is 1. The van der Waals surface area contributed by atoms with Gasteiger partial charge in [-0.25, -0.2) is 0 Å². The first-order chi connectivity index (χ1) is 8.14. The summed E-state index contributed by atoms with van der Waals surface area (Å²) in [5.74, 6) is -2.03. The predicted molar refractivity (Wildman–Crippen MR) is 64.9 cm³/mol. The van der Waals surface area contributed by atoms with Crippen molar-refractivity contribution < 1.29 is 18.1 Å². The maximum Gasteiger partial charge on any atom is 0.496 e. The van der Waals surface area contributed by atoms with Crippen molar-refractivity contribution in [1.29, 1.82) is 0 Å². The second-order valence-electron chi connectivity index (χ2n) is 5.23. The lowest BCUT2D eigenvalue weighted by molar-refractivity contribution is 0.00578. The van der Waals surface area contributed by atoms with Crippen LogP contribution in [0.1, 0.15) is 27.7 Å². The monoisotopic (exact) mass is 275 g/mol. The van der Waals surface area contributed by atoms with Crippen LogP contribution in [0.3, 0.4) is 0 Å². The largest absolute Gasteiger partial charge is 0.496 e. The molecule has 0 radical (unpaired) electrons. The van der Waals surface area contributed by atoms with E-state index in [2.05, 4.69) is 4.98 Å². The fourth-order valence-corrected chi connectivity index (χ4v) is 1.81. The molecule has 0 aromatic carbocycles. The molecule has 2 heterocycles. The van der Waals surface area contributed by atoms with Gasteiger partial charge in [0.15, 0.2) is 0 Å². The van der Waals surface area contributed by atoms with E-state index in [1.807, 2.05) is 27.7 Å². The molecule has 1 aromatic heterocycles. The quantitative estimate of drug-likeness (QED) is 0.582. The molecule has 7 heteroatoms. The lowest BCUT2D eigenvalue weighted by Crippen LogP contribution is -2.41. The van der Waals surface area contributed by atoms with Gasteiger partial charge in [0.05, 0.1) is 16.2 Å². The van der Waals surface area contributed by atoms with Crippen LogP contribution >= 0.6 is 11.6 Å². The highest BCUT2D eigenvalue weighted by Crippen LogP contribution is 2.37. The van der Waals surface area contributed by atoms with Crippen molar-refractivity contribution in [1.82, 2.24) is 4.98 Å². The lowest BCUT2D eigenvalue weighted by Gasteiger charge is -2.32. The number of aromatic nitrogens is 1. The third-order valence-corrected chi connectivity index (χ3v) is 3.80. The van der Waals surface area contributed by atoms with E-state index in [1.54, 1.807) is 0 Å². The van der Waals surface area contributed by atoms with E-state index in [-0.39, 0.29) is 10.5 Å². The summed E-state index contributed by atoms with van der Waals surface area (Å²) >= 11 is 5.77. The van der Waals surface area contributed by atoms with Crippen LogP contribution in [0.5, 0.6) is 0 Å². The highest BCUT2D eigenvalue weighted by molar-refractivity contribution is 6.65. The van der Waals surface area contributed by atoms with Crippen LogP contribution in [0, 0.1) is 11.9 Å². The van der Waals surface area contributed by atoms with Crippen molar-refractivity contribution in [3.8, 4) is 0 Å². The molecule has 0 aliphatic carbocycles. The molecule has 1 saturated heterocycles. The molecule has 1 fully saturated rings. The minimum atomic E-state index is -1.07. The summed E-state index contributed by atoms with van der Waals surface area (Å²) in [7, 11) is -0.908. The fraction of sp³-hybridized carbons (Fsp3) is 0.545. The highest BCUT2D eigenvalue weighted by atomic mass is 35.5. The topological polar surface area (TPSA) is 31.4 Å². The van der Waals surface area contributed by atoms with Gasteiger partial charge in [-0.15, -0.1) is 0 Å². The summed E-state index contributed by atoms with van der Waals surface area (Å²) in [4.78, 5) is 3.00. The van der Waals surface area contributed by atoms with Gasteiger partial charge in [-0.05, 0) is 33.8 Å². The van der Waals surface area contributed by atoms with E-state index in [0.29, 0.717) is 0 Å². The molecule has 0 unspecified atom stereocenters. The molecular weight excluding hydrogens is 262 g/mol. The molecule has 0 bridgehead atoms. The fourth-order valence-electron chi connectivity index (χ4n) is 1.63. The van der Waals surface area contributed by atoms with E-state index in [4.69, 9.17) is 20.9 Å². The van der Waals surface area contributed by atoms with Gasteiger partial charge in [0.25, 0.3) is 0 Å². The SMILES string of the molecule is CC1(C)OB(c2cc(F)nc(F)c2Cl)OC1(C)C. The first-order valence-electron chi connectivity index (χ1n) is 5.51. The molecule has 98 valence electrons. The smallest absolute Gasteiger partial charge is 0.399 e. The molecule has 18 heavy (non-hydrogen) atoms. The van der Waals surface area contributed by atoms with Crippen LogP contribution < -0.4 is 5.46 Å². The third-order valence-electron chi connectivity index (χ3n) is 3.42. The summed E-state index contributed by atoms with van der Waals surface area (Å²) < 4.78 is 37.8. The molecule has 0 spiro atoms. The minimum Gasteiger partial charge on any atom is -0.399 e. The molecular formula is C11H13BClF2NO2. The Morgan fingerprint density at radius 1 is 1.17 bits per heavy atom. The van der Waals surface area contributed by atoms with Gasteiger partial charge in [-0.1, -0.05) is 11.6 Å². The summed E-state index contributed by atoms with van der Waals surface area (Å²) in [6.45, 7) is 7.37. The Morgan fingerprint density at radius 2 is 1.67 bits per heavy atom. The minimum absolute atomic E-state index is 0.111. The van der Waals surface area contributed by atoms with Crippen LogP contribution in [0.4, 0.5) is 8.78 Å². The van der Waals surface area contributed by atoms with Gasteiger partial charge in [-0.2, -0.15) is 13.8 Å². The highest BCUT2D eigenvalue weighted by Gasteiger charge is 2.52. The van der Waals surface area contributed by atoms with Crippen molar-refractivity contribution in [3.05, 3.63) is 23.0 Å². The Morgan fingerprint density at radius 3 is 2.17 bits per heavy atom. The molecule has 0 N–H and O–H groups in total. The average molecular weight is 275 g/mol. The van der Waals surface area contributed by atoms with Crippen LogP contribution in [-0.4, -0.2) is 23.3 Å². The second kappa shape index (κ2) is 4.15. The molecule has 3 nitrogen and oxygen atoms in total. The van der Waals surface area contributed by atoms with Gasteiger partial charge in [0.1, 0.15) is 0 Å². The molecule has 0 atom stereocenters. The van der Waals surface area contributed by atoms with Gasteiger partial charge < -0.3 is 9.31 Å². The zero-order valence-electron chi connectivity index (χ0n) is 10.6. The number of hydrogen-bond donors (Lipinski definition) is 0. The standard InChI is InChI=1S/C11H13BClF2NO2/c1-10(2)11(3,4)18-12(17-10)6-5-7(14)16-9(15)8(6)13/h5H,1-4H3. The molecule has 0 amide bonds. The van der Waals surface area contributed by atoms with Crippen LogP contribution in [-0.2, 0) is 9.31 Å². The van der Waals surface area contributed by atoms with Gasteiger partial charge >= 0.3 is 7.12 Å². The van der Waals surface area contributed by atoms with E-state index in [1.165, 1.54) is 0 Å². The van der Waals surface area contributed by atoms with E-state index >= 15 is 0 Å². The van der Waals surface area contributed by atoms with Crippen molar-refractivity contribution in [3.63, 3.8) is 0 Å². The third kappa shape index (κ3) is 2.13. The summed E-state index contributed by atoms with van der Waals surface area (Å²) in [5, 5.41) is -0.282. The zero-order chi connectivity index (χ0) is 13.7. The van der Waals surface area contributed by atoms with Crippen LogP contribution in [0.25, 0.3) is 0 Å². The molecule has 1 aliphatic heterocycles. The number of nitrogens with zero attached hydrogens (tertiary/aromatic N) is 1. The Bertz CT molecular complexity index is 480. The Kier molecular flexibility index (Phi) is 3.16.